The molecule has 0 unspecified atom stereocenters. The minimum Gasteiger partial charge on any atom is -0.454 e. The maximum absolute atomic E-state index is 5.63. The summed E-state index contributed by atoms with van der Waals surface area (Å²) in [5, 5.41) is 7.01. The molecule has 9 nitrogen and oxygen atoms in total. The fourth-order valence-corrected chi connectivity index (χ4v) is 5.60. The predicted molar refractivity (Wildman–Crippen MR) is 159 cm³/mol. The smallest absolute Gasteiger partial charge is 0.232 e. The predicted octanol–water partition coefficient (Wildman–Crippen LogP) is 4.40. The number of piperidine rings is 1. The maximum Gasteiger partial charge on any atom is 0.232 e. The molecule has 3 aliphatic rings. The number of para-hydroxylation sites is 1. The molecule has 1 atom stereocenters. The zero-order chi connectivity index (χ0) is 26.6. The second-order valence-corrected chi connectivity index (χ2v) is 10.7. The molecule has 10 heteroatoms. The quantitative estimate of drug-likeness (QED) is 0.435. The molecule has 0 bridgehead atoms. The van der Waals surface area contributed by atoms with E-state index in [4.69, 9.17) is 31.7 Å². The van der Waals surface area contributed by atoms with Gasteiger partial charge in [0.05, 0.1) is 0 Å². The van der Waals surface area contributed by atoms with Gasteiger partial charge < -0.3 is 34.8 Å². The molecule has 1 aromatic heterocycles. The van der Waals surface area contributed by atoms with Crippen molar-refractivity contribution in [1.82, 2.24) is 15.3 Å². The van der Waals surface area contributed by atoms with E-state index in [1.54, 1.807) is 0 Å². The lowest BCUT2D eigenvalue weighted by Gasteiger charge is -2.38. The second-order valence-electron chi connectivity index (χ2n) is 10.3. The molecule has 39 heavy (non-hydrogen) atoms. The van der Waals surface area contributed by atoms with Crippen LogP contribution in [-0.2, 0) is 6.54 Å². The van der Waals surface area contributed by atoms with E-state index in [9.17, 15) is 0 Å². The number of hydrogen-bond donors (Lipinski definition) is 2. The van der Waals surface area contributed by atoms with Gasteiger partial charge in [0, 0.05) is 57.1 Å². The number of rotatable bonds is 6. The van der Waals surface area contributed by atoms with Crippen LogP contribution < -0.4 is 34.8 Å². The van der Waals surface area contributed by atoms with Crippen molar-refractivity contribution in [3.05, 3.63) is 60.2 Å². The normalized spacial score (nSPS) is 18.7. The maximum atomic E-state index is 5.63. The van der Waals surface area contributed by atoms with Gasteiger partial charge in [-0.05, 0) is 68.2 Å². The number of ether oxygens (including phenoxy) is 2. The summed E-state index contributed by atoms with van der Waals surface area (Å²) < 4.78 is 10.9. The highest BCUT2D eigenvalue weighted by molar-refractivity contribution is 7.80. The van der Waals surface area contributed by atoms with E-state index in [1.165, 1.54) is 24.9 Å². The summed E-state index contributed by atoms with van der Waals surface area (Å²) in [6.07, 6.45) is 3.61. The first-order chi connectivity index (χ1) is 19.1. The van der Waals surface area contributed by atoms with Crippen LogP contribution in [0.2, 0.25) is 0 Å². The third-order valence-electron chi connectivity index (χ3n) is 7.64. The van der Waals surface area contributed by atoms with Crippen LogP contribution in [0.15, 0.2) is 54.6 Å². The molecule has 0 aliphatic carbocycles. The highest BCUT2D eigenvalue weighted by Gasteiger charge is 2.24. The van der Waals surface area contributed by atoms with E-state index >= 15 is 0 Å². The van der Waals surface area contributed by atoms with E-state index in [-0.39, 0.29) is 6.79 Å². The number of benzene rings is 2. The van der Waals surface area contributed by atoms with Gasteiger partial charge in [0.2, 0.25) is 12.7 Å². The van der Waals surface area contributed by atoms with Crippen LogP contribution in [0.25, 0.3) is 0 Å². The molecule has 0 spiro atoms. The van der Waals surface area contributed by atoms with Gasteiger partial charge in [-0.3, -0.25) is 0 Å². The van der Waals surface area contributed by atoms with Gasteiger partial charge in [0.15, 0.2) is 16.6 Å². The van der Waals surface area contributed by atoms with E-state index in [1.807, 2.05) is 18.2 Å². The van der Waals surface area contributed by atoms with Crippen LogP contribution in [0.4, 0.5) is 23.3 Å². The molecule has 2 saturated heterocycles. The van der Waals surface area contributed by atoms with Crippen molar-refractivity contribution in [2.75, 3.05) is 59.5 Å². The molecule has 204 valence electrons. The third kappa shape index (κ3) is 5.95. The molecule has 3 aliphatic heterocycles. The average Bonchev–Trinajstić information content (AvgIpc) is 3.45. The van der Waals surface area contributed by atoms with Gasteiger partial charge >= 0.3 is 0 Å². The van der Waals surface area contributed by atoms with Crippen molar-refractivity contribution in [2.45, 2.75) is 38.8 Å². The van der Waals surface area contributed by atoms with Crippen LogP contribution in [0.1, 0.15) is 31.7 Å². The van der Waals surface area contributed by atoms with E-state index in [0.717, 1.165) is 61.4 Å². The molecule has 6 rings (SSSR count). The number of thiocarbonyl (C=S) groups is 1. The Morgan fingerprint density at radius 3 is 2.49 bits per heavy atom. The monoisotopic (exact) mass is 545 g/mol. The number of nitrogens with one attached hydrogen (secondary N) is 2. The topological polar surface area (TPSA) is 78.0 Å². The molecule has 2 N–H and O–H groups in total. The summed E-state index contributed by atoms with van der Waals surface area (Å²) in [7, 11) is 0. The molecule has 0 saturated carbocycles. The lowest BCUT2D eigenvalue weighted by Crippen LogP contribution is -2.47. The van der Waals surface area contributed by atoms with Crippen molar-refractivity contribution in [3.63, 3.8) is 0 Å². The van der Waals surface area contributed by atoms with Gasteiger partial charge in [-0.25, -0.2) is 0 Å². The van der Waals surface area contributed by atoms with Crippen LogP contribution in [0.5, 0.6) is 11.5 Å². The van der Waals surface area contributed by atoms with Crippen molar-refractivity contribution in [3.8, 4) is 11.5 Å². The second kappa shape index (κ2) is 11.5. The standard InChI is InChI=1S/C29H35N7O2S/c1-21-7-5-6-12-36(21)27-18-26(35-15-13-34(14-16-35)23-8-3-2-4-9-23)31-28(32-27)33-29(39)30-19-22-10-11-24-25(17-22)38-20-37-24/h2-4,8-11,17-18,21H,5-7,12-16,19-20H2,1H3,(H2,30,31,32,33,39)/t21-/m0/s1. The summed E-state index contributed by atoms with van der Waals surface area (Å²) >= 11 is 5.63. The van der Waals surface area contributed by atoms with Crippen LogP contribution in [-0.4, -0.2) is 60.6 Å². The molecular formula is C29H35N7O2S. The van der Waals surface area contributed by atoms with Gasteiger partial charge in [0.1, 0.15) is 11.6 Å². The van der Waals surface area contributed by atoms with Crippen molar-refractivity contribution >= 4 is 40.6 Å². The number of fused-ring (bicyclic) bond motifs is 1. The van der Waals surface area contributed by atoms with Crippen molar-refractivity contribution in [2.24, 2.45) is 0 Å². The Morgan fingerprint density at radius 2 is 1.67 bits per heavy atom. The Labute approximate surface area is 235 Å². The zero-order valence-corrected chi connectivity index (χ0v) is 23.1. The third-order valence-corrected chi connectivity index (χ3v) is 7.88. The van der Waals surface area contributed by atoms with Gasteiger partial charge in [-0.15, -0.1) is 0 Å². The van der Waals surface area contributed by atoms with Crippen LogP contribution in [0, 0.1) is 0 Å². The molecule has 4 heterocycles. The Bertz CT molecular complexity index is 1300. The van der Waals surface area contributed by atoms with E-state index in [2.05, 4.69) is 68.7 Å². The number of aromatic nitrogens is 2. The highest BCUT2D eigenvalue weighted by Crippen LogP contribution is 2.32. The summed E-state index contributed by atoms with van der Waals surface area (Å²) in [5.74, 6) is 3.95. The van der Waals surface area contributed by atoms with Gasteiger partial charge in [0.25, 0.3) is 0 Å². The van der Waals surface area contributed by atoms with Gasteiger partial charge in [-0.1, -0.05) is 24.3 Å². The fourth-order valence-electron chi connectivity index (χ4n) is 5.44. The first-order valence-electron chi connectivity index (χ1n) is 13.8. The van der Waals surface area contributed by atoms with Crippen molar-refractivity contribution in [1.29, 1.82) is 0 Å². The first kappa shape index (κ1) is 25.5. The van der Waals surface area contributed by atoms with Gasteiger partial charge in [-0.2, -0.15) is 9.97 Å². The summed E-state index contributed by atoms with van der Waals surface area (Å²) in [6.45, 7) is 7.79. The Balaban J connectivity index is 1.16. The Hall–Kier alpha value is -3.79. The van der Waals surface area contributed by atoms with Crippen LogP contribution in [0.3, 0.4) is 0 Å². The summed E-state index contributed by atoms with van der Waals surface area (Å²) in [4.78, 5) is 17.0. The lowest BCUT2D eigenvalue weighted by molar-refractivity contribution is 0.174. The molecule has 3 aromatic rings. The van der Waals surface area contributed by atoms with E-state index in [0.29, 0.717) is 23.6 Å². The molecule has 0 amide bonds. The molecule has 2 aromatic carbocycles. The molecule has 2 fully saturated rings. The highest BCUT2D eigenvalue weighted by atomic mass is 32.1. The fraction of sp³-hybridized carbons (Fsp3) is 0.414. The van der Waals surface area contributed by atoms with Crippen LogP contribution >= 0.6 is 12.2 Å². The summed E-state index contributed by atoms with van der Waals surface area (Å²) in [6, 6.07) is 19.1. The molecular weight excluding hydrogens is 510 g/mol. The summed E-state index contributed by atoms with van der Waals surface area (Å²) in [5.41, 5.74) is 2.32. The number of piperazine rings is 1. The largest absolute Gasteiger partial charge is 0.454 e. The number of hydrogen-bond acceptors (Lipinski definition) is 8. The van der Waals surface area contributed by atoms with Crippen molar-refractivity contribution < 1.29 is 9.47 Å². The number of nitrogens with zero attached hydrogens (tertiary/aromatic N) is 5. The molecule has 0 radical (unpaired) electrons. The SMILES string of the molecule is C[C@H]1CCCCN1c1cc(N2CCN(c3ccccc3)CC2)nc(NC(=S)NCc2ccc3c(c2)OCO3)n1. The Morgan fingerprint density at radius 1 is 0.897 bits per heavy atom. The minimum absolute atomic E-state index is 0.263. The van der Waals surface area contributed by atoms with E-state index < -0.39 is 0 Å². The average molecular weight is 546 g/mol. The lowest BCUT2D eigenvalue weighted by atomic mass is 10.0. The first-order valence-corrected chi connectivity index (χ1v) is 14.2. The number of anilines is 4. The minimum atomic E-state index is 0.263. The zero-order valence-electron chi connectivity index (χ0n) is 22.3. The Kier molecular flexibility index (Phi) is 7.53.